The molecule has 2 unspecified atom stereocenters. The summed E-state index contributed by atoms with van der Waals surface area (Å²) in [5, 5.41) is 23.1. The van der Waals surface area contributed by atoms with E-state index in [1.807, 2.05) is 6.08 Å². The molecule has 0 rings (SSSR count). The van der Waals surface area contributed by atoms with E-state index in [-0.39, 0.29) is 18.5 Å². The second-order valence-electron chi connectivity index (χ2n) is 25.3. The maximum Gasteiger partial charge on any atom is 0.305 e. The lowest BCUT2D eigenvalue weighted by Gasteiger charge is -2.20. The molecule has 0 radical (unpaired) electrons. The normalized spacial score (nSPS) is 12.7. The van der Waals surface area contributed by atoms with E-state index in [0.717, 1.165) is 44.9 Å². The number of nitrogens with one attached hydrogen (secondary N) is 1. The van der Waals surface area contributed by atoms with Crippen LogP contribution in [0, 0.1) is 0 Å². The van der Waals surface area contributed by atoms with E-state index in [9.17, 15) is 19.8 Å². The van der Waals surface area contributed by atoms with Crippen LogP contribution in [0.25, 0.3) is 0 Å². The van der Waals surface area contributed by atoms with E-state index in [0.29, 0.717) is 19.4 Å². The third-order valence-corrected chi connectivity index (χ3v) is 17.2. The minimum absolute atomic E-state index is 0.0212. The molecule has 0 aromatic carbocycles. The predicted molar refractivity (Wildman–Crippen MR) is 356 cm³/mol. The van der Waals surface area contributed by atoms with Gasteiger partial charge in [0.2, 0.25) is 5.91 Å². The quantitative estimate of drug-likeness (QED) is 0.0320. The van der Waals surface area contributed by atoms with Gasteiger partial charge in [0.1, 0.15) is 0 Å². The fraction of sp³-hybridized carbons (Fsp3) is 0.893. The van der Waals surface area contributed by atoms with Crippen molar-refractivity contribution in [3.05, 3.63) is 36.5 Å². The van der Waals surface area contributed by atoms with E-state index in [4.69, 9.17) is 4.74 Å². The van der Waals surface area contributed by atoms with Crippen molar-refractivity contribution in [2.24, 2.45) is 0 Å². The standard InChI is InChI=1S/C75H143NO5/c1-3-5-7-9-11-13-15-44-47-51-55-59-63-67-73(78)72(71-77)76-74(79)68-64-60-56-52-48-45-42-40-38-36-34-32-30-28-26-24-22-20-18-17-19-21-23-25-27-29-31-33-35-37-39-41-43-46-50-54-58-62-66-70-81-75(80)69-65-61-57-53-49-16-14-12-10-8-6-4-2/h17-18,21,23,63,67,72-73,77-78H,3-16,19-20,22,24-62,64-66,68-71H2,1-2H3,(H,76,79)/b18-17-,23-21-,67-63+. The third-order valence-electron chi connectivity index (χ3n) is 17.2. The number of allylic oxidation sites excluding steroid dienone is 5. The first kappa shape index (κ1) is 79.1. The molecule has 6 heteroatoms. The average molecular weight is 1140 g/mol. The Morgan fingerprint density at radius 3 is 0.938 bits per heavy atom. The fourth-order valence-electron chi connectivity index (χ4n) is 11.6. The Hall–Kier alpha value is -1.92. The minimum Gasteiger partial charge on any atom is -0.466 e. The second kappa shape index (κ2) is 70.6. The number of esters is 1. The van der Waals surface area contributed by atoms with E-state index < -0.39 is 12.1 Å². The Bertz CT molecular complexity index is 1310. The summed E-state index contributed by atoms with van der Waals surface area (Å²) in [5.74, 6) is -0.0423. The molecule has 81 heavy (non-hydrogen) atoms. The summed E-state index contributed by atoms with van der Waals surface area (Å²) in [7, 11) is 0. The van der Waals surface area contributed by atoms with Crippen LogP contribution in [0.1, 0.15) is 406 Å². The van der Waals surface area contributed by atoms with Crippen molar-refractivity contribution in [3.63, 3.8) is 0 Å². The minimum atomic E-state index is -0.841. The maximum absolute atomic E-state index is 12.5. The van der Waals surface area contributed by atoms with Crippen molar-refractivity contribution in [3.8, 4) is 0 Å². The number of aliphatic hydroxyl groups excluding tert-OH is 2. The molecule has 0 saturated carbocycles. The zero-order valence-electron chi connectivity index (χ0n) is 54.8. The molecule has 0 fully saturated rings. The monoisotopic (exact) mass is 1140 g/mol. The molecule has 0 aliphatic carbocycles. The van der Waals surface area contributed by atoms with Gasteiger partial charge in [-0.2, -0.15) is 0 Å². The van der Waals surface area contributed by atoms with Gasteiger partial charge in [-0.15, -0.1) is 0 Å². The lowest BCUT2D eigenvalue weighted by atomic mass is 10.0. The van der Waals surface area contributed by atoms with Crippen LogP contribution < -0.4 is 5.32 Å². The third kappa shape index (κ3) is 67.1. The van der Waals surface area contributed by atoms with Crippen LogP contribution in [-0.2, 0) is 14.3 Å². The molecule has 0 saturated heterocycles. The number of carbonyl (C=O) groups is 2. The van der Waals surface area contributed by atoms with E-state index in [1.54, 1.807) is 6.08 Å². The van der Waals surface area contributed by atoms with Crippen molar-refractivity contribution >= 4 is 11.9 Å². The molecule has 0 aromatic rings. The van der Waals surface area contributed by atoms with Crippen LogP contribution in [0.3, 0.4) is 0 Å². The molecule has 6 nitrogen and oxygen atoms in total. The SMILES string of the molecule is CCCCCCCCCCCCC/C=C/C(O)C(CO)NC(=O)CCCCCCCCCCCCCCCCCCC/C=C\C/C=C\CCCCCCCCCCCCCCCCCOC(=O)CCCCCCCCCCCCCC. The summed E-state index contributed by atoms with van der Waals surface area (Å²) in [6, 6.07) is -0.625. The van der Waals surface area contributed by atoms with Gasteiger partial charge in [-0.3, -0.25) is 9.59 Å². The van der Waals surface area contributed by atoms with Gasteiger partial charge in [0, 0.05) is 12.8 Å². The van der Waals surface area contributed by atoms with Crippen LogP contribution >= 0.6 is 0 Å². The lowest BCUT2D eigenvalue weighted by Crippen LogP contribution is -2.45. The van der Waals surface area contributed by atoms with Crippen LogP contribution in [0.2, 0.25) is 0 Å². The van der Waals surface area contributed by atoms with Gasteiger partial charge in [0.15, 0.2) is 0 Å². The molecule has 478 valence electrons. The Balaban J connectivity index is 3.35. The Kier molecular flexibility index (Phi) is 68.9. The van der Waals surface area contributed by atoms with E-state index in [2.05, 4.69) is 43.5 Å². The van der Waals surface area contributed by atoms with Crippen molar-refractivity contribution in [2.75, 3.05) is 13.2 Å². The largest absolute Gasteiger partial charge is 0.466 e. The zero-order valence-corrected chi connectivity index (χ0v) is 54.8. The topological polar surface area (TPSA) is 95.9 Å². The van der Waals surface area contributed by atoms with Crippen LogP contribution in [0.5, 0.6) is 0 Å². The molecule has 0 heterocycles. The fourth-order valence-corrected chi connectivity index (χ4v) is 11.6. The highest BCUT2D eigenvalue weighted by molar-refractivity contribution is 5.76. The molecular weight excluding hydrogens is 995 g/mol. The Morgan fingerprint density at radius 1 is 0.346 bits per heavy atom. The van der Waals surface area contributed by atoms with Gasteiger partial charge < -0.3 is 20.3 Å². The van der Waals surface area contributed by atoms with E-state index >= 15 is 0 Å². The molecule has 0 bridgehead atoms. The highest BCUT2D eigenvalue weighted by atomic mass is 16.5. The summed E-state index contributed by atoms with van der Waals surface area (Å²) in [6.45, 7) is 4.93. The lowest BCUT2D eigenvalue weighted by molar-refractivity contribution is -0.143. The first-order valence-electron chi connectivity index (χ1n) is 36.8. The number of aliphatic hydroxyl groups is 2. The van der Waals surface area contributed by atoms with Crippen LogP contribution in [0.15, 0.2) is 36.5 Å². The van der Waals surface area contributed by atoms with Gasteiger partial charge >= 0.3 is 5.97 Å². The van der Waals surface area contributed by atoms with Gasteiger partial charge in [0.05, 0.1) is 25.4 Å². The molecule has 1 amide bonds. The number of carbonyl (C=O) groups excluding carboxylic acids is 2. The number of ether oxygens (including phenoxy) is 1. The summed E-state index contributed by atoms with van der Waals surface area (Å²) >= 11 is 0. The highest BCUT2D eigenvalue weighted by Gasteiger charge is 2.18. The Morgan fingerprint density at radius 2 is 0.617 bits per heavy atom. The molecule has 0 aliphatic heterocycles. The van der Waals surface area contributed by atoms with Crippen molar-refractivity contribution < 1.29 is 24.5 Å². The van der Waals surface area contributed by atoms with Crippen molar-refractivity contribution in [1.29, 1.82) is 0 Å². The molecule has 0 aliphatic rings. The summed E-state index contributed by atoms with van der Waals surface area (Å²) in [5.41, 5.74) is 0. The first-order chi connectivity index (χ1) is 40.0. The molecule has 0 aromatic heterocycles. The highest BCUT2D eigenvalue weighted by Crippen LogP contribution is 2.19. The summed E-state index contributed by atoms with van der Waals surface area (Å²) in [4.78, 5) is 24.5. The van der Waals surface area contributed by atoms with Crippen LogP contribution in [0.4, 0.5) is 0 Å². The maximum atomic E-state index is 12.5. The molecule has 2 atom stereocenters. The van der Waals surface area contributed by atoms with Gasteiger partial charge in [0.25, 0.3) is 0 Å². The van der Waals surface area contributed by atoms with Crippen LogP contribution in [-0.4, -0.2) is 47.4 Å². The van der Waals surface area contributed by atoms with E-state index in [1.165, 1.54) is 334 Å². The number of rotatable bonds is 69. The Labute approximate surface area is 506 Å². The van der Waals surface area contributed by atoms with Gasteiger partial charge in [-0.1, -0.05) is 365 Å². The number of hydrogen-bond donors (Lipinski definition) is 3. The molecular formula is C75H143NO5. The van der Waals surface area contributed by atoms with Gasteiger partial charge in [-0.05, 0) is 64.2 Å². The zero-order chi connectivity index (χ0) is 58.5. The summed E-state index contributed by atoms with van der Waals surface area (Å²) < 4.78 is 5.48. The number of unbranched alkanes of at least 4 members (excludes halogenated alkanes) is 54. The number of amides is 1. The van der Waals surface area contributed by atoms with Crippen molar-refractivity contribution in [1.82, 2.24) is 5.32 Å². The smallest absolute Gasteiger partial charge is 0.305 e. The number of hydrogen-bond acceptors (Lipinski definition) is 5. The van der Waals surface area contributed by atoms with Crippen molar-refractivity contribution in [2.45, 2.75) is 418 Å². The second-order valence-corrected chi connectivity index (χ2v) is 25.3. The van der Waals surface area contributed by atoms with Gasteiger partial charge in [-0.25, -0.2) is 0 Å². The first-order valence-corrected chi connectivity index (χ1v) is 36.8. The predicted octanol–water partition coefficient (Wildman–Crippen LogP) is 23.9. The average Bonchev–Trinajstić information content (AvgIpc) is 3.47. The molecule has 0 spiro atoms. The summed E-state index contributed by atoms with van der Waals surface area (Å²) in [6.07, 6.45) is 91.1. The molecule has 3 N–H and O–H groups in total.